The third-order valence-electron chi connectivity index (χ3n) is 3.52. The molecule has 0 spiro atoms. The Morgan fingerprint density at radius 1 is 1.30 bits per heavy atom. The number of aromatic nitrogens is 3. The number of nitrogens with zero attached hydrogens (tertiary/aromatic N) is 4. The van der Waals surface area contributed by atoms with E-state index in [0.717, 1.165) is 16.0 Å². The third kappa shape index (κ3) is 4.95. The molecule has 2 aromatic carbocycles. The van der Waals surface area contributed by atoms with Crippen molar-refractivity contribution in [2.45, 2.75) is 12.1 Å². The Morgan fingerprint density at radius 2 is 2.07 bits per heavy atom. The molecule has 0 aliphatic rings. The molecule has 1 aromatic heterocycles. The van der Waals surface area contributed by atoms with E-state index < -0.39 is 0 Å². The average Bonchev–Trinajstić information content (AvgIpc) is 3.04. The molecule has 0 aliphatic heterocycles. The molecule has 0 saturated carbocycles. The van der Waals surface area contributed by atoms with Crippen LogP contribution >= 0.6 is 27.7 Å². The molecule has 0 radical (unpaired) electrons. The summed E-state index contributed by atoms with van der Waals surface area (Å²) in [4.78, 5) is 12.0. The monoisotopic (exact) mass is 445 g/mol. The first-order valence-electron chi connectivity index (χ1n) is 7.95. The number of aryl methyl sites for hydroxylation is 1. The predicted octanol–water partition coefficient (Wildman–Crippen LogP) is 3.29. The third-order valence-corrected chi connectivity index (χ3v) is 4.95. The SMILES string of the molecule is Cc1nnc(SCC(=O)N/N=C/c2cc(Br)ccc2O)n1-c1ccccc1. The van der Waals surface area contributed by atoms with Gasteiger partial charge in [-0.2, -0.15) is 5.10 Å². The molecule has 2 N–H and O–H groups in total. The molecule has 0 fully saturated rings. The largest absolute Gasteiger partial charge is 0.507 e. The van der Waals surface area contributed by atoms with Crippen LogP contribution < -0.4 is 5.43 Å². The van der Waals surface area contributed by atoms with Crippen molar-refractivity contribution >= 4 is 39.8 Å². The highest BCUT2D eigenvalue weighted by Gasteiger charge is 2.13. The van der Waals surface area contributed by atoms with Crippen molar-refractivity contribution in [2.75, 3.05) is 5.75 Å². The van der Waals surface area contributed by atoms with Crippen LogP contribution in [0.3, 0.4) is 0 Å². The molecule has 0 aliphatic carbocycles. The molecule has 9 heteroatoms. The maximum atomic E-state index is 12.0. The summed E-state index contributed by atoms with van der Waals surface area (Å²) in [6, 6.07) is 14.7. The summed E-state index contributed by atoms with van der Waals surface area (Å²) >= 11 is 4.59. The van der Waals surface area contributed by atoms with Gasteiger partial charge in [-0.05, 0) is 37.3 Å². The van der Waals surface area contributed by atoms with E-state index in [1.165, 1.54) is 18.0 Å². The minimum absolute atomic E-state index is 0.0806. The Kier molecular flexibility index (Phi) is 6.25. The Balaban J connectivity index is 1.60. The standard InChI is InChI=1S/C18H16BrN5O2S/c1-12-21-23-18(24(12)15-5-3-2-4-6-15)27-11-17(26)22-20-10-13-9-14(19)7-8-16(13)25/h2-10,25H,11H2,1H3,(H,22,26)/b20-10+. The van der Waals surface area contributed by atoms with Crippen molar-refractivity contribution in [2.24, 2.45) is 5.10 Å². The summed E-state index contributed by atoms with van der Waals surface area (Å²) < 4.78 is 2.69. The minimum atomic E-state index is -0.286. The van der Waals surface area contributed by atoms with Gasteiger partial charge in [0.15, 0.2) is 5.16 Å². The molecule has 1 heterocycles. The number of rotatable bonds is 6. The van der Waals surface area contributed by atoms with E-state index in [0.29, 0.717) is 10.7 Å². The fraction of sp³-hybridized carbons (Fsp3) is 0.111. The van der Waals surface area contributed by atoms with Crippen LogP contribution in [0.2, 0.25) is 0 Å². The van der Waals surface area contributed by atoms with E-state index in [1.807, 2.05) is 41.8 Å². The highest BCUT2D eigenvalue weighted by atomic mass is 79.9. The number of halogens is 1. The minimum Gasteiger partial charge on any atom is -0.507 e. The van der Waals surface area contributed by atoms with Crippen LogP contribution in [0.4, 0.5) is 0 Å². The lowest BCUT2D eigenvalue weighted by molar-refractivity contribution is -0.118. The zero-order valence-corrected chi connectivity index (χ0v) is 16.7. The van der Waals surface area contributed by atoms with E-state index in [9.17, 15) is 9.90 Å². The quantitative estimate of drug-likeness (QED) is 0.345. The van der Waals surface area contributed by atoms with Crippen molar-refractivity contribution in [1.29, 1.82) is 0 Å². The number of amides is 1. The highest BCUT2D eigenvalue weighted by molar-refractivity contribution is 9.10. The summed E-state index contributed by atoms with van der Waals surface area (Å²) in [6.07, 6.45) is 1.39. The number of hydrogen-bond donors (Lipinski definition) is 2. The second kappa shape index (κ2) is 8.83. The van der Waals surface area contributed by atoms with Crippen molar-refractivity contribution < 1.29 is 9.90 Å². The van der Waals surface area contributed by atoms with E-state index in [2.05, 4.69) is 36.7 Å². The van der Waals surface area contributed by atoms with E-state index in [4.69, 9.17) is 0 Å². The Hall–Kier alpha value is -2.65. The summed E-state index contributed by atoms with van der Waals surface area (Å²) in [5.74, 6) is 0.669. The lowest BCUT2D eigenvalue weighted by Gasteiger charge is -2.07. The maximum Gasteiger partial charge on any atom is 0.250 e. The van der Waals surface area contributed by atoms with Crippen LogP contribution in [-0.2, 0) is 4.79 Å². The van der Waals surface area contributed by atoms with Crippen LogP contribution in [0.25, 0.3) is 5.69 Å². The number of benzene rings is 2. The molecule has 0 atom stereocenters. The van der Waals surface area contributed by atoms with E-state index in [-0.39, 0.29) is 17.4 Å². The second-order valence-corrected chi connectivity index (χ2v) is 7.34. The van der Waals surface area contributed by atoms with Crippen molar-refractivity contribution in [3.05, 3.63) is 64.4 Å². The van der Waals surface area contributed by atoms with Gasteiger partial charge in [0.25, 0.3) is 5.91 Å². The zero-order chi connectivity index (χ0) is 19.2. The van der Waals surface area contributed by atoms with Crippen LogP contribution in [0.5, 0.6) is 5.75 Å². The lowest BCUT2D eigenvalue weighted by atomic mass is 10.2. The van der Waals surface area contributed by atoms with Gasteiger partial charge >= 0.3 is 0 Å². The van der Waals surface area contributed by atoms with Crippen LogP contribution in [0.15, 0.2) is 63.3 Å². The predicted molar refractivity (Wildman–Crippen MR) is 108 cm³/mol. The lowest BCUT2D eigenvalue weighted by Crippen LogP contribution is -2.20. The molecule has 3 rings (SSSR count). The maximum absolute atomic E-state index is 12.0. The van der Waals surface area contributed by atoms with Crippen LogP contribution in [0.1, 0.15) is 11.4 Å². The molecular weight excluding hydrogens is 430 g/mol. The fourth-order valence-electron chi connectivity index (χ4n) is 2.28. The van der Waals surface area contributed by atoms with E-state index in [1.54, 1.807) is 18.2 Å². The molecule has 3 aromatic rings. The molecule has 0 saturated heterocycles. The summed E-state index contributed by atoms with van der Waals surface area (Å²) in [7, 11) is 0. The van der Waals surface area contributed by atoms with Crippen molar-refractivity contribution in [3.63, 3.8) is 0 Å². The Bertz CT molecular complexity index is 975. The number of carbonyl (C=O) groups is 1. The van der Waals surface area contributed by atoms with Gasteiger partial charge in [-0.3, -0.25) is 9.36 Å². The number of hydrogen-bond acceptors (Lipinski definition) is 6. The number of thioether (sulfide) groups is 1. The average molecular weight is 446 g/mol. The molecule has 0 bridgehead atoms. The number of hydrazone groups is 1. The number of carbonyl (C=O) groups excluding carboxylic acids is 1. The van der Waals surface area contributed by atoms with Gasteiger partial charge in [-0.25, -0.2) is 5.43 Å². The Labute approximate surface area is 168 Å². The van der Waals surface area contributed by atoms with Crippen molar-refractivity contribution in [1.82, 2.24) is 20.2 Å². The smallest absolute Gasteiger partial charge is 0.250 e. The van der Waals surface area contributed by atoms with Gasteiger partial charge in [-0.1, -0.05) is 45.9 Å². The molecule has 7 nitrogen and oxygen atoms in total. The summed E-state index contributed by atoms with van der Waals surface area (Å²) in [5, 5.41) is 22.5. The molecule has 27 heavy (non-hydrogen) atoms. The van der Waals surface area contributed by atoms with Gasteiger partial charge in [0.05, 0.1) is 12.0 Å². The highest BCUT2D eigenvalue weighted by Crippen LogP contribution is 2.22. The van der Waals surface area contributed by atoms with Gasteiger partial charge < -0.3 is 5.11 Å². The van der Waals surface area contributed by atoms with Gasteiger partial charge in [-0.15, -0.1) is 10.2 Å². The number of para-hydroxylation sites is 1. The molecule has 138 valence electrons. The number of phenols is 1. The Morgan fingerprint density at radius 3 is 2.85 bits per heavy atom. The number of aromatic hydroxyl groups is 1. The van der Waals surface area contributed by atoms with Crippen LogP contribution in [0, 0.1) is 6.92 Å². The fourth-order valence-corrected chi connectivity index (χ4v) is 3.44. The zero-order valence-electron chi connectivity index (χ0n) is 14.3. The molecule has 1 amide bonds. The number of phenolic OH excluding ortho intramolecular Hbond substituents is 1. The number of nitrogens with one attached hydrogen (secondary N) is 1. The van der Waals surface area contributed by atoms with Crippen molar-refractivity contribution in [3.8, 4) is 11.4 Å². The summed E-state index contributed by atoms with van der Waals surface area (Å²) in [5.41, 5.74) is 3.87. The molecular formula is C18H16BrN5O2S. The van der Waals surface area contributed by atoms with E-state index >= 15 is 0 Å². The normalized spacial score (nSPS) is 11.0. The molecule has 0 unspecified atom stereocenters. The first kappa shape index (κ1) is 19.1. The second-order valence-electron chi connectivity index (χ2n) is 5.49. The van der Waals surface area contributed by atoms with Gasteiger partial charge in [0.1, 0.15) is 11.6 Å². The first-order valence-corrected chi connectivity index (χ1v) is 9.73. The van der Waals surface area contributed by atoms with Crippen LogP contribution in [-0.4, -0.2) is 37.7 Å². The summed E-state index contributed by atoms with van der Waals surface area (Å²) in [6.45, 7) is 1.86. The topological polar surface area (TPSA) is 92.4 Å². The van der Waals surface area contributed by atoms with Gasteiger partial charge in [0, 0.05) is 15.7 Å². The van der Waals surface area contributed by atoms with Gasteiger partial charge in [0.2, 0.25) is 0 Å². The first-order chi connectivity index (χ1) is 13.0.